The lowest BCUT2D eigenvalue weighted by Gasteiger charge is -2.08. The summed E-state index contributed by atoms with van der Waals surface area (Å²) >= 11 is 0. The van der Waals surface area contributed by atoms with Gasteiger partial charge in [0, 0.05) is 18.9 Å². The molecular weight excluding hydrogens is 358 g/mol. The highest BCUT2D eigenvalue weighted by molar-refractivity contribution is 5.92. The fourth-order valence-corrected chi connectivity index (χ4v) is 2.34. The number of ether oxygens (including phenoxy) is 2. The maximum absolute atomic E-state index is 12.1. The van der Waals surface area contributed by atoms with Crippen LogP contribution in [0.2, 0.25) is 0 Å². The summed E-state index contributed by atoms with van der Waals surface area (Å²) in [5.41, 5.74) is 1.33. The quantitative estimate of drug-likeness (QED) is 0.551. The molecular formula is C20H21N5O3. The van der Waals surface area contributed by atoms with Crippen molar-refractivity contribution in [2.45, 2.75) is 6.54 Å². The molecule has 28 heavy (non-hydrogen) atoms. The highest BCUT2D eigenvalue weighted by Crippen LogP contribution is 2.16. The van der Waals surface area contributed by atoms with Crippen molar-refractivity contribution in [2.75, 3.05) is 25.6 Å². The lowest BCUT2D eigenvalue weighted by Crippen LogP contribution is -2.29. The van der Waals surface area contributed by atoms with Crippen LogP contribution in [0.25, 0.3) is 0 Å². The van der Waals surface area contributed by atoms with Crippen molar-refractivity contribution in [3.05, 3.63) is 72.2 Å². The van der Waals surface area contributed by atoms with Crippen molar-refractivity contribution in [1.29, 1.82) is 0 Å². The molecule has 0 saturated carbocycles. The molecule has 0 saturated heterocycles. The van der Waals surface area contributed by atoms with Crippen LogP contribution in [0.4, 0.5) is 5.82 Å². The normalized spacial score (nSPS) is 10.2. The first kappa shape index (κ1) is 19.1. The van der Waals surface area contributed by atoms with E-state index < -0.39 is 0 Å². The summed E-state index contributed by atoms with van der Waals surface area (Å²) in [6, 6.07) is 14.4. The summed E-state index contributed by atoms with van der Waals surface area (Å²) < 4.78 is 10.7. The second kappa shape index (κ2) is 9.86. The van der Waals surface area contributed by atoms with Crippen molar-refractivity contribution in [3.63, 3.8) is 0 Å². The molecule has 0 bridgehead atoms. The van der Waals surface area contributed by atoms with E-state index in [0.29, 0.717) is 31.3 Å². The van der Waals surface area contributed by atoms with Gasteiger partial charge in [-0.1, -0.05) is 0 Å². The second-order valence-electron chi connectivity index (χ2n) is 5.79. The molecule has 0 aliphatic rings. The van der Waals surface area contributed by atoms with Crippen LogP contribution in [0.5, 0.6) is 11.5 Å². The zero-order valence-corrected chi connectivity index (χ0v) is 15.5. The number of rotatable bonds is 9. The Morgan fingerprint density at radius 3 is 2.39 bits per heavy atom. The molecule has 3 aromatic rings. The Kier molecular flexibility index (Phi) is 6.73. The average Bonchev–Trinajstić information content (AvgIpc) is 2.76. The van der Waals surface area contributed by atoms with Gasteiger partial charge in [0.2, 0.25) is 0 Å². The molecule has 2 N–H and O–H groups in total. The Morgan fingerprint density at radius 2 is 1.71 bits per heavy atom. The number of hydrogen-bond donors (Lipinski definition) is 2. The van der Waals surface area contributed by atoms with Gasteiger partial charge in [0.05, 0.1) is 13.7 Å². The summed E-state index contributed by atoms with van der Waals surface area (Å²) in [7, 11) is 1.61. The van der Waals surface area contributed by atoms with E-state index >= 15 is 0 Å². The van der Waals surface area contributed by atoms with Crippen LogP contribution in [0.1, 0.15) is 16.1 Å². The Hall–Kier alpha value is -3.68. The van der Waals surface area contributed by atoms with Crippen LogP contribution >= 0.6 is 0 Å². The first-order valence-corrected chi connectivity index (χ1v) is 8.76. The Bertz CT molecular complexity index is 871. The summed E-state index contributed by atoms with van der Waals surface area (Å²) in [6.45, 7) is 1.30. The third-order valence-corrected chi connectivity index (χ3v) is 3.84. The molecule has 0 fully saturated rings. The van der Waals surface area contributed by atoms with Gasteiger partial charge in [-0.05, 0) is 54.1 Å². The molecule has 8 heteroatoms. The van der Waals surface area contributed by atoms with Crippen LogP contribution < -0.4 is 20.1 Å². The van der Waals surface area contributed by atoms with E-state index in [0.717, 1.165) is 11.3 Å². The minimum atomic E-state index is -0.300. The van der Waals surface area contributed by atoms with Crippen LogP contribution in [0.3, 0.4) is 0 Å². The molecule has 0 aliphatic heterocycles. The minimum absolute atomic E-state index is 0.249. The van der Waals surface area contributed by atoms with Crippen molar-refractivity contribution in [3.8, 4) is 11.5 Å². The smallest absolute Gasteiger partial charge is 0.271 e. The SMILES string of the molecule is COc1ccc(OCCNC(=O)c2ccc(NCc3ccncc3)nn2)cc1. The lowest BCUT2D eigenvalue weighted by molar-refractivity contribution is 0.0941. The first-order valence-electron chi connectivity index (χ1n) is 8.76. The second-order valence-corrected chi connectivity index (χ2v) is 5.79. The Balaban J connectivity index is 1.40. The fraction of sp³-hybridized carbons (Fsp3) is 0.200. The number of hydrogen-bond acceptors (Lipinski definition) is 7. The molecule has 0 atom stereocenters. The number of anilines is 1. The number of aromatic nitrogens is 3. The van der Waals surface area contributed by atoms with Crippen molar-refractivity contribution in [1.82, 2.24) is 20.5 Å². The molecule has 1 aromatic carbocycles. The van der Waals surface area contributed by atoms with Gasteiger partial charge < -0.3 is 20.1 Å². The van der Waals surface area contributed by atoms with Gasteiger partial charge in [-0.3, -0.25) is 9.78 Å². The largest absolute Gasteiger partial charge is 0.497 e. The standard InChI is InChI=1S/C20H21N5O3/c1-27-16-2-4-17(5-3-16)28-13-12-22-20(26)18-6-7-19(25-24-18)23-14-15-8-10-21-11-9-15/h2-11H,12-14H2,1H3,(H,22,26)(H,23,25). The van der Waals surface area contributed by atoms with Gasteiger partial charge in [-0.2, -0.15) is 0 Å². The van der Waals surface area contributed by atoms with Gasteiger partial charge in [-0.25, -0.2) is 0 Å². The zero-order valence-electron chi connectivity index (χ0n) is 15.5. The van der Waals surface area contributed by atoms with E-state index in [1.165, 1.54) is 0 Å². The van der Waals surface area contributed by atoms with Crippen molar-refractivity contribution >= 4 is 11.7 Å². The molecule has 2 heterocycles. The van der Waals surface area contributed by atoms with Crippen LogP contribution in [0.15, 0.2) is 60.9 Å². The fourth-order valence-electron chi connectivity index (χ4n) is 2.34. The molecule has 3 rings (SSSR count). The molecule has 0 spiro atoms. The summed E-state index contributed by atoms with van der Waals surface area (Å²) in [5.74, 6) is 1.76. The van der Waals surface area contributed by atoms with Gasteiger partial charge >= 0.3 is 0 Å². The highest BCUT2D eigenvalue weighted by Gasteiger charge is 2.07. The number of methoxy groups -OCH3 is 1. The Morgan fingerprint density at radius 1 is 0.964 bits per heavy atom. The molecule has 2 aromatic heterocycles. The van der Waals surface area contributed by atoms with Crippen LogP contribution in [0, 0.1) is 0 Å². The first-order chi connectivity index (χ1) is 13.7. The van der Waals surface area contributed by atoms with Crippen molar-refractivity contribution < 1.29 is 14.3 Å². The highest BCUT2D eigenvalue weighted by atomic mass is 16.5. The van der Waals surface area contributed by atoms with E-state index in [2.05, 4.69) is 25.8 Å². The molecule has 0 radical (unpaired) electrons. The van der Waals surface area contributed by atoms with Crippen LogP contribution in [-0.4, -0.2) is 41.3 Å². The van der Waals surface area contributed by atoms with Crippen molar-refractivity contribution in [2.24, 2.45) is 0 Å². The Labute approximate surface area is 162 Å². The summed E-state index contributed by atoms with van der Waals surface area (Å²) in [5, 5.41) is 13.9. The molecule has 1 amide bonds. The number of amides is 1. The van der Waals surface area contributed by atoms with Gasteiger partial charge in [-0.15, -0.1) is 10.2 Å². The summed E-state index contributed by atoms with van der Waals surface area (Å²) in [4.78, 5) is 16.1. The van der Waals surface area contributed by atoms with E-state index in [1.54, 1.807) is 31.6 Å². The molecule has 0 aliphatic carbocycles. The third-order valence-electron chi connectivity index (χ3n) is 3.84. The van der Waals surface area contributed by atoms with Crippen LogP contribution in [-0.2, 0) is 6.54 Å². The number of benzene rings is 1. The van der Waals surface area contributed by atoms with E-state index in [9.17, 15) is 4.79 Å². The predicted molar refractivity (Wildman–Crippen MR) is 104 cm³/mol. The predicted octanol–water partition coefficient (Wildman–Crippen LogP) is 2.30. The van der Waals surface area contributed by atoms with E-state index in [-0.39, 0.29) is 11.6 Å². The number of nitrogens with zero attached hydrogens (tertiary/aromatic N) is 3. The average molecular weight is 379 g/mol. The molecule has 0 unspecified atom stereocenters. The minimum Gasteiger partial charge on any atom is -0.497 e. The number of pyridine rings is 1. The number of carbonyl (C=O) groups excluding carboxylic acids is 1. The summed E-state index contributed by atoms with van der Waals surface area (Å²) in [6.07, 6.45) is 3.46. The third kappa shape index (κ3) is 5.66. The zero-order chi connectivity index (χ0) is 19.6. The molecule has 8 nitrogen and oxygen atoms in total. The number of nitrogens with one attached hydrogen (secondary N) is 2. The van der Waals surface area contributed by atoms with Gasteiger partial charge in [0.1, 0.15) is 23.9 Å². The van der Waals surface area contributed by atoms with E-state index in [1.807, 2.05) is 36.4 Å². The lowest BCUT2D eigenvalue weighted by atomic mass is 10.3. The van der Waals surface area contributed by atoms with Gasteiger partial charge in [0.15, 0.2) is 5.69 Å². The maximum Gasteiger partial charge on any atom is 0.271 e. The molecule has 144 valence electrons. The van der Waals surface area contributed by atoms with Gasteiger partial charge in [0.25, 0.3) is 5.91 Å². The monoisotopic (exact) mass is 379 g/mol. The topological polar surface area (TPSA) is 98.3 Å². The maximum atomic E-state index is 12.1. The number of carbonyl (C=O) groups is 1. The van der Waals surface area contributed by atoms with E-state index in [4.69, 9.17) is 9.47 Å².